The van der Waals surface area contributed by atoms with Gasteiger partial charge in [-0.05, 0) is 150 Å². The predicted octanol–water partition coefficient (Wildman–Crippen LogP) is 12.4. The first-order valence-electron chi connectivity index (χ1n) is 22.7. The SMILES string of the molecule is COc1ccc(C(C)(C)c2ccc(Oc3ccc(S(=O)(=O)c4ccc(Oc5ccc(-c6ccc(Oc7ccc(S(=O)(=O)c8ccc(C)c(SOOO)c8)cc7S(=O)(=O)O)cc6)cc5)c(SOOO)c4)cc3S(=O)(=O)O)cc2)cc1. The quantitative estimate of drug-likeness (QED) is 0.0212. The number of hydrogen-bond acceptors (Lipinski definition) is 20. The van der Waals surface area contributed by atoms with E-state index in [1.807, 2.05) is 38.1 Å². The Labute approximate surface area is 462 Å². The van der Waals surface area contributed by atoms with Crippen molar-refractivity contribution in [3.8, 4) is 51.4 Å². The van der Waals surface area contributed by atoms with E-state index in [9.17, 15) is 42.8 Å². The molecule has 0 radical (unpaired) electrons. The fourth-order valence-corrected chi connectivity index (χ4v) is 13.0. The van der Waals surface area contributed by atoms with Crippen LogP contribution in [0.3, 0.4) is 0 Å². The van der Waals surface area contributed by atoms with Crippen molar-refractivity contribution in [1.29, 1.82) is 0 Å². The van der Waals surface area contributed by atoms with Crippen LogP contribution < -0.4 is 18.9 Å². The number of aryl methyl sites for hydroxylation is 1. The summed E-state index contributed by atoms with van der Waals surface area (Å²) in [7, 11) is -17.4. The van der Waals surface area contributed by atoms with Gasteiger partial charge in [0.25, 0.3) is 20.2 Å². The molecule has 79 heavy (non-hydrogen) atoms. The second-order valence-corrected chi connectivity index (χ2v) is 25.6. The van der Waals surface area contributed by atoms with E-state index in [0.717, 1.165) is 53.6 Å². The summed E-state index contributed by atoms with van der Waals surface area (Å²) in [6.07, 6.45) is 0. The van der Waals surface area contributed by atoms with Crippen LogP contribution in [0.1, 0.15) is 30.5 Å². The van der Waals surface area contributed by atoms with Crippen molar-refractivity contribution in [3.63, 3.8) is 0 Å². The summed E-state index contributed by atoms with van der Waals surface area (Å²) >= 11 is 0.930. The minimum absolute atomic E-state index is 0.0161. The highest BCUT2D eigenvalue weighted by molar-refractivity contribution is 7.95. The summed E-state index contributed by atoms with van der Waals surface area (Å²) in [5.74, 6) is 0.599. The van der Waals surface area contributed by atoms with Crippen molar-refractivity contribution in [3.05, 3.63) is 187 Å². The third kappa shape index (κ3) is 13.4. The number of ether oxygens (including phenoxy) is 4. The van der Waals surface area contributed by atoms with Gasteiger partial charge in [0.15, 0.2) is 0 Å². The van der Waals surface area contributed by atoms with Crippen LogP contribution in [0.2, 0.25) is 0 Å². The second kappa shape index (κ2) is 23.8. The van der Waals surface area contributed by atoms with Crippen LogP contribution in [0.5, 0.6) is 40.2 Å². The van der Waals surface area contributed by atoms with E-state index in [-0.39, 0.29) is 54.1 Å². The van der Waals surface area contributed by atoms with Crippen molar-refractivity contribution in [1.82, 2.24) is 0 Å². The Balaban J connectivity index is 0.965. The van der Waals surface area contributed by atoms with E-state index in [1.54, 1.807) is 74.7 Å². The molecule has 8 aromatic carbocycles. The Morgan fingerprint density at radius 3 is 1.16 bits per heavy atom. The molecule has 0 aromatic heterocycles. The van der Waals surface area contributed by atoms with Crippen molar-refractivity contribution in [2.24, 2.45) is 0 Å². The highest BCUT2D eigenvalue weighted by Crippen LogP contribution is 2.41. The molecule has 0 spiro atoms. The Morgan fingerprint density at radius 2 is 0.759 bits per heavy atom. The fourth-order valence-electron chi connectivity index (χ4n) is 7.83. The molecule has 26 heteroatoms. The van der Waals surface area contributed by atoms with Crippen LogP contribution in [0.15, 0.2) is 209 Å². The normalized spacial score (nSPS) is 12.3. The van der Waals surface area contributed by atoms with E-state index in [0.29, 0.717) is 46.5 Å². The zero-order chi connectivity index (χ0) is 56.9. The smallest absolute Gasteiger partial charge is 0.298 e. The van der Waals surface area contributed by atoms with Gasteiger partial charge >= 0.3 is 0 Å². The Kier molecular flexibility index (Phi) is 17.6. The molecule has 0 saturated heterocycles. The molecule has 0 aliphatic rings. The minimum atomic E-state index is -5.05. The van der Waals surface area contributed by atoms with E-state index in [4.69, 9.17) is 29.5 Å². The van der Waals surface area contributed by atoms with Crippen molar-refractivity contribution in [2.45, 2.75) is 65.4 Å². The van der Waals surface area contributed by atoms with Crippen LogP contribution in [-0.2, 0) is 64.1 Å². The van der Waals surface area contributed by atoms with Gasteiger partial charge in [-0.25, -0.2) is 27.4 Å². The Morgan fingerprint density at radius 1 is 0.418 bits per heavy atom. The summed E-state index contributed by atoms with van der Waals surface area (Å²) < 4.78 is 158. The zero-order valence-electron chi connectivity index (χ0n) is 41.4. The van der Waals surface area contributed by atoms with Crippen molar-refractivity contribution in [2.75, 3.05) is 7.11 Å². The maximum atomic E-state index is 14.1. The van der Waals surface area contributed by atoms with Crippen LogP contribution in [-0.4, -0.2) is 60.4 Å². The summed E-state index contributed by atoms with van der Waals surface area (Å²) in [5, 5.41) is 24.9. The number of methoxy groups -OCH3 is 1. The summed E-state index contributed by atoms with van der Waals surface area (Å²) in [6, 6.07) is 40.8. The Hall–Kier alpha value is -6.86. The van der Waals surface area contributed by atoms with E-state index >= 15 is 0 Å². The molecule has 20 nitrogen and oxygen atoms in total. The molecule has 0 amide bonds. The molecule has 0 fully saturated rings. The molecule has 0 aliphatic carbocycles. The molecular weight excluding hydrogens is 1150 g/mol. The Bertz CT molecular complexity index is 3990. The van der Waals surface area contributed by atoms with E-state index in [1.165, 1.54) is 42.5 Å². The fraction of sp³-hybridized carbons (Fsp3) is 0.0943. The maximum absolute atomic E-state index is 14.1. The van der Waals surface area contributed by atoms with Crippen molar-refractivity contribution < 1.29 is 91.0 Å². The van der Waals surface area contributed by atoms with Crippen molar-refractivity contribution >= 4 is 64.0 Å². The van der Waals surface area contributed by atoms with E-state index < -0.39 is 64.9 Å². The molecule has 0 bridgehead atoms. The number of sulfone groups is 2. The first kappa shape index (κ1) is 58.3. The van der Waals surface area contributed by atoms with Crippen LogP contribution in [0.25, 0.3) is 11.1 Å². The molecule has 0 aliphatic heterocycles. The molecule has 0 atom stereocenters. The molecule has 0 saturated carbocycles. The number of benzene rings is 8. The molecule has 8 rings (SSSR count). The first-order valence-corrected chi connectivity index (χ1v) is 30.0. The summed E-state index contributed by atoms with van der Waals surface area (Å²) in [6.45, 7) is 5.71. The van der Waals surface area contributed by atoms with Crippen LogP contribution in [0, 0.1) is 6.92 Å². The zero-order valence-corrected chi connectivity index (χ0v) is 46.3. The lowest BCUT2D eigenvalue weighted by atomic mass is 9.78. The standard InChI is InChI=1S/C53H44O20S6/c1-33-5-22-42(29-49(33)74-72-70-54)76(56,57)44-24-27-47(51(31-44)78(60,61)62)68-40-16-8-35(9-17-40)34-6-14-39(15-7-34)67-46-26-23-43(30-50(46)75-73-71-55)77(58,59)45-25-28-48(52(32-45)79(63,64)65)69-41-20-12-37(13-21-41)53(2,3)36-10-18-38(66-4)19-11-36/h5-32,54-55H,1-4H3,(H,60,61,62)(H,63,64,65). The molecule has 412 valence electrons. The molecular formula is C53H44O20S6. The molecule has 8 aromatic rings. The second-order valence-electron chi connectivity index (χ2n) is 17.4. The third-order valence-electron chi connectivity index (χ3n) is 12.1. The average Bonchev–Trinajstić information content (AvgIpc) is 3.43. The highest BCUT2D eigenvalue weighted by atomic mass is 32.2. The van der Waals surface area contributed by atoms with Gasteiger partial charge in [-0.15, -0.1) is 8.67 Å². The van der Waals surface area contributed by atoms with Gasteiger partial charge in [0, 0.05) is 10.3 Å². The van der Waals surface area contributed by atoms with Gasteiger partial charge in [-0.3, -0.25) is 9.11 Å². The topological polar surface area (TPSA) is 291 Å². The van der Waals surface area contributed by atoms with Gasteiger partial charge in [-0.2, -0.15) is 16.8 Å². The monoisotopic (exact) mass is 1190 g/mol. The summed E-state index contributed by atoms with van der Waals surface area (Å²) in [4.78, 5) is -3.00. The summed E-state index contributed by atoms with van der Waals surface area (Å²) in [5.41, 5.74) is 3.36. The van der Waals surface area contributed by atoms with Crippen LogP contribution in [0.4, 0.5) is 0 Å². The largest absolute Gasteiger partial charge is 0.497 e. The predicted molar refractivity (Wildman–Crippen MR) is 286 cm³/mol. The van der Waals surface area contributed by atoms with Gasteiger partial charge < -0.3 is 18.9 Å². The number of hydrogen-bond donors (Lipinski definition) is 4. The lowest BCUT2D eigenvalue weighted by Gasteiger charge is -2.26. The first-order chi connectivity index (χ1) is 37.4. The van der Waals surface area contributed by atoms with Gasteiger partial charge in [0.2, 0.25) is 19.7 Å². The van der Waals surface area contributed by atoms with Crippen LogP contribution >= 0.6 is 24.1 Å². The van der Waals surface area contributed by atoms with E-state index in [2.05, 4.69) is 18.7 Å². The number of rotatable bonds is 22. The lowest BCUT2D eigenvalue weighted by molar-refractivity contribution is -0.432. The third-order valence-corrected chi connectivity index (χ3v) is 18.7. The highest BCUT2D eigenvalue weighted by Gasteiger charge is 2.29. The minimum Gasteiger partial charge on any atom is -0.497 e. The van der Waals surface area contributed by atoms with Gasteiger partial charge in [0.05, 0.1) is 55.7 Å². The molecule has 0 heterocycles. The van der Waals surface area contributed by atoms with Gasteiger partial charge in [-0.1, -0.05) is 78.5 Å². The molecule has 4 N–H and O–H groups in total. The lowest BCUT2D eigenvalue weighted by Crippen LogP contribution is -2.18. The van der Waals surface area contributed by atoms with Gasteiger partial charge in [0.1, 0.15) is 50.0 Å². The molecule has 0 unspecified atom stereocenters. The maximum Gasteiger partial charge on any atom is 0.298 e. The average molecular weight is 1190 g/mol.